The van der Waals surface area contributed by atoms with Gasteiger partial charge in [-0.2, -0.15) is 13.2 Å². The van der Waals surface area contributed by atoms with E-state index in [1.807, 2.05) is 0 Å². The fourth-order valence-electron chi connectivity index (χ4n) is 0.857. The van der Waals surface area contributed by atoms with Crippen LogP contribution in [0.4, 0.5) is 18.9 Å². The van der Waals surface area contributed by atoms with Gasteiger partial charge in [0.2, 0.25) is 10.3 Å². The number of thioether (sulfide) groups is 1. The van der Waals surface area contributed by atoms with Crippen LogP contribution in [0.2, 0.25) is 10.3 Å². The molecule has 0 aliphatic heterocycles. The molecule has 0 atom stereocenters. The molecule has 0 aromatic carbocycles. The van der Waals surface area contributed by atoms with E-state index in [1.165, 1.54) is 0 Å². The predicted molar refractivity (Wildman–Crippen MR) is 60.1 cm³/mol. The monoisotopic (exact) mass is 321 g/mol. The first-order chi connectivity index (χ1) is 8.20. The van der Waals surface area contributed by atoms with Gasteiger partial charge in [-0.3, -0.25) is 10.1 Å². The summed E-state index contributed by atoms with van der Waals surface area (Å²) in [6.45, 7) is 0. The maximum atomic E-state index is 11.9. The lowest BCUT2D eigenvalue weighted by atomic mass is 10.5. The minimum Gasteiger partial charge on any atom is -0.258 e. The molecule has 1 heterocycles. The molecule has 0 bridgehead atoms. The van der Waals surface area contributed by atoms with Gasteiger partial charge in [-0.25, -0.2) is 9.97 Å². The van der Waals surface area contributed by atoms with Crippen molar-refractivity contribution < 1.29 is 18.1 Å². The van der Waals surface area contributed by atoms with Crippen LogP contribution in [0.5, 0.6) is 0 Å². The number of nitro groups is 1. The van der Waals surface area contributed by atoms with Gasteiger partial charge in [0.25, 0.3) is 0 Å². The van der Waals surface area contributed by atoms with E-state index >= 15 is 0 Å². The van der Waals surface area contributed by atoms with E-state index in [0.717, 1.165) is 0 Å². The summed E-state index contributed by atoms with van der Waals surface area (Å²) in [5, 5.41) is 9.35. The summed E-state index contributed by atoms with van der Waals surface area (Å²) < 4.78 is 35.7. The van der Waals surface area contributed by atoms with Crippen LogP contribution in [0.25, 0.3) is 0 Å². The van der Waals surface area contributed by atoms with E-state index in [4.69, 9.17) is 23.2 Å². The summed E-state index contributed by atoms with van der Waals surface area (Å²) in [7, 11) is 0. The number of hydrogen-bond acceptors (Lipinski definition) is 5. The molecule has 1 aromatic rings. The number of halogens is 5. The zero-order valence-corrected chi connectivity index (χ0v) is 10.7. The molecule has 18 heavy (non-hydrogen) atoms. The van der Waals surface area contributed by atoms with Crippen molar-refractivity contribution in [1.29, 1.82) is 0 Å². The van der Waals surface area contributed by atoms with Gasteiger partial charge < -0.3 is 0 Å². The third-order valence-electron chi connectivity index (χ3n) is 1.58. The Morgan fingerprint density at radius 2 is 1.78 bits per heavy atom. The van der Waals surface area contributed by atoms with Crippen molar-refractivity contribution in [2.75, 3.05) is 5.75 Å². The van der Waals surface area contributed by atoms with Crippen LogP contribution >= 0.6 is 35.0 Å². The predicted octanol–water partition coefficient (Wildman–Crippen LogP) is 3.74. The number of hydrogen-bond donors (Lipinski definition) is 0. The highest BCUT2D eigenvalue weighted by molar-refractivity contribution is 7.99. The van der Waals surface area contributed by atoms with Crippen molar-refractivity contribution in [3.63, 3.8) is 0 Å². The van der Waals surface area contributed by atoms with E-state index in [1.54, 1.807) is 0 Å². The van der Waals surface area contributed by atoms with Gasteiger partial charge in [0.1, 0.15) is 0 Å². The maximum Gasteiger partial charge on any atom is 0.389 e. The second kappa shape index (κ2) is 5.89. The molecule has 0 N–H and O–H groups in total. The Hall–Kier alpha value is -0.800. The molecule has 0 aliphatic carbocycles. The molecule has 0 saturated carbocycles. The van der Waals surface area contributed by atoms with Crippen molar-refractivity contribution >= 4 is 40.7 Å². The Balaban J connectivity index is 2.78. The van der Waals surface area contributed by atoms with Gasteiger partial charge in [0, 0.05) is 5.75 Å². The normalized spacial score (nSPS) is 11.6. The first-order valence-corrected chi connectivity index (χ1v) is 6.02. The van der Waals surface area contributed by atoms with Gasteiger partial charge in [-0.05, 0) is 0 Å². The molecular weight excluding hydrogens is 318 g/mol. The van der Waals surface area contributed by atoms with Crippen LogP contribution in [0, 0.1) is 10.1 Å². The van der Waals surface area contributed by atoms with Crippen LogP contribution in [0.1, 0.15) is 6.42 Å². The lowest BCUT2D eigenvalue weighted by Crippen LogP contribution is -2.08. The Kier molecular flexibility index (Phi) is 5.00. The minimum absolute atomic E-state index is 0.139. The standard InChI is InChI=1S/C7H4Cl2F3N3O2S/c8-4-3(15(16)17)5(9)14-6(13-4)18-2-1-7(10,11)12/h1-2H2. The lowest BCUT2D eigenvalue weighted by Gasteiger charge is -2.05. The van der Waals surface area contributed by atoms with Crippen LogP contribution in [-0.4, -0.2) is 26.8 Å². The van der Waals surface area contributed by atoms with Crippen LogP contribution < -0.4 is 0 Å². The van der Waals surface area contributed by atoms with Gasteiger partial charge in [0.15, 0.2) is 5.16 Å². The summed E-state index contributed by atoms with van der Waals surface area (Å²) in [4.78, 5) is 16.6. The summed E-state index contributed by atoms with van der Waals surface area (Å²) >= 11 is 11.6. The van der Waals surface area contributed by atoms with Crippen molar-refractivity contribution in [2.45, 2.75) is 17.8 Å². The number of alkyl halides is 3. The van der Waals surface area contributed by atoms with Crippen molar-refractivity contribution in [3.05, 3.63) is 20.4 Å². The molecule has 1 aromatic heterocycles. The molecule has 0 spiro atoms. The number of rotatable bonds is 4. The zero-order chi connectivity index (χ0) is 13.9. The summed E-state index contributed by atoms with van der Waals surface area (Å²) in [5.41, 5.74) is -0.668. The smallest absolute Gasteiger partial charge is 0.258 e. The molecule has 0 amide bonds. The van der Waals surface area contributed by atoms with Gasteiger partial charge in [0.05, 0.1) is 11.3 Å². The summed E-state index contributed by atoms with van der Waals surface area (Å²) in [6, 6.07) is 0. The summed E-state index contributed by atoms with van der Waals surface area (Å²) in [6.07, 6.45) is -5.32. The van der Waals surface area contributed by atoms with E-state index < -0.39 is 33.5 Å². The Morgan fingerprint density at radius 1 is 1.28 bits per heavy atom. The van der Waals surface area contributed by atoms with E-state index in [2.05, 4.69) is 9.97 Å². The van der Waals surface area contributed by atoms with Gasteiger partial charge >= 0.3 is 11.9 Å². The molecule has 100 valence electrons. The minimum atomic E-state index is -4.29. The fraction of sp³-hybridized carbons (Fsp3) is 0.429. The molecule has 0 fully saturated rings. The van der Waals surface area contributed by atoms with Crippen molar-refractivity contribution in [2.24, 2.45) is 0 Å². The van der Waals surface area contributed by atoms with Crippen LogP contribution in [-0.2, 0) is 0 Å². The van der Waals surface area contributed by atoms with Crippen LogP contribution in [0.3, 0.4) is 0 Å². The molecular formula is C7H4Cl2F3N3O2S. The van der Waals surface area contributed by atoms with E-state index in [0.29, 0.717) is 11.8 Å². The van der Waals surface area contributed by atoms with Gasteiger partial charge in [-0.15, -0.1) is 0 Å². The molecule has 0 unspecified atom stereocenters. The highest BCUT2D eigenvalue weighted by atomic mass is 35.5. The summed E-state index contributed by atoms with van der Waals surface area (Å²) in [5.74, 6) is -0.325. The maximum absolute atomic E-state index is 11.9. The fourth-order valence-corrected chi connectivity index (χ4v) is 2.31. The topological polar surface area (TPSA) is 68.9 Å². The largest absolute Gasteiger partial charge is 0.389 e. The average Bonchev–Trinajstić information content (AvgIpc) is 2.13. The Labute approximate surface area is 113 Å². The van der Waals surface area contributed by atoms with Crippen molar-refractivity contribution in [3.8, 4) is 0 Å². The molecule has 0 aliphatic rings. The quantitative estimate of drug-likeness (QED) is 0.278. The number of aromatic nitrogens is 2. The SMILES string of the molecule is O=[N+]([O-])c1c(Cl)nc(SCCC(F)(F)F)nc1Cl. The average molecular weight is 322 g/mol. The first-order valence-electron chi connectivity index (χ1n) is 4.27. The molecule has 0 saturated heterocycles. The van der Waals surface area contributed by atoms with Gasteiger partial charge in [-0.1, -0.05) is 35.0 Å². The lowest BCUT2D eigenvalue weighted by molar-refractivity contribution is -0.385. The van der Waals surface area contributed by atoms with E-state index in [-0.39, 0.29) is 10.9 Å². The highest BCUT2D eigenvalue weighted by Crippen LogP contribution is 2.32. The molecule has 1 rings (SSSR count). The number of nitrogens with zero attached hydrogens (tertiary/aromatic N) is 3. The second-order valence-corrected chi connectivity index (χ2v) is 4.69. The second-order valence-electron chi connectivity index (χ2n) is 2.91. The Morgan fingerprint density at radius 3 is 2.17 bits per heavy atom. The van der Waals surface area contributed by atoms with Crippen molar-refractivity contribution in [1.82, 2.24) is 9.97 Å². The molecule has 5 nitrogen and oxygen atoms in total. The molecule has 11 heteroatoms. The van der Waals surface area contributed by atoms with E-state index in [9.17, 15) is 23.3 Å². The molecule has 0 radical (unpaired) electrons. The zero-order valence-electron chi connectivity index (χ0n) is 8.37. The Bertz CT molecular complexity index is 449. The van der Waals surface area contributed by atoms with Crippen LogP contribution in [0.15, 0.2) is 5.16 Å². The third-order valence-corrected chi connectivity index (χ3v) is 2.95. The first kappa shape index (κ1) is 15.3. The highest BCUT2D eigenvalue weighted by Gasteiger charge is 2.27. The third kappa shape index (κ3) is 4.46.